The zero-order valence-corrected chi connectivity index (χ0v) is 14.8. The molecule has 0 bridgehead atoms. The molecule has 24 heavy (non-hydrogen) atoms. The first-order chi connectivity index (χ1) is 11.4. The number of nitrogens with one attached hydrogen (secondary N) is 1. The van der Waals surface area contributed by atoms with E-state index in [2.05, 4.69) is 11.9 Å². The Labute approximate surface area is 142 Å². The first-order valence-electron chi connectivity index (χ1n) is 8.20. The number of nitrogens with two attached hydrogens (primary N) is 1. The molecule has 0 radical (unpaired) electrons. The third-order valence-corrected chi connectivity index (χ3v) is 3.33. The molecular weight excluding hydrogens is 310 g/mol. The monoisotopic (exact) mass is 337 g/mol. The Morgan fingerprint density at radius 2 is 1.75 bits per heavy atom. The van der Waals surface area contributed by atoms with Gasteiger partial charge in [0, 0.05) is 17.6 Å². The average Bonchev–Trinajstić information content (AvgIpc) is 2.80. The molecular formula is C17H27N3O4. The van der Waals surface area contributed by atoms with Gasteiger partial charge < -0.3 is 5.73 Å². The third-order valence-electron chi connectivity index (χ3n) is 3.33. The lowest BCUT2D eigenvalue weighted by atomic mass is 10.0. The SMILES string of the molecule is C=CC1=C(CC)C(=O)N(C2CCC(=O)NC2=O)C1=O.CC.CCN. The van der Waals surface area contributed by atoms with Gasteiger partial charge in [0.2, 0.25) is 11.8 Å². The van der Waals surface area contributed by atoms with Gasteiger partial charge in [0.15, 0.2) is 0 Å². The molecule has 2 heterocycles. The highest BCUT2D eigenvalue weighted by Crippen LogP contribution is 2.28. The Balaban J connectivity index is 0.000000952. The van der Waals surface area contributed by atoms with Gasteiger partial charge in [0.1, 0.15) is 6.04 Å². The van der Waals surface area contributed by atoms with Crippen molar-refractivity contribution in [2.75, 3.05) is 6.54 Å². The predicted molar refractivity (Wildman–Crippen MR) is 91.6 cm³/mol. The molecule has 1 atom stereocenters. The highest BCUT2D eigenvalue weighted by Gasteiger charge is 2.44. The predicted octanol–water partition coefficient (Wildman–Crippen LogP) is 1.04. The Bertz CT molecular complexity index is 552. The zero-order valence-electron chi connectivity index (χ0n) is 14.8. The van der Waals surface area contributed by atoms with Crippen molar-refractivity contribution in [2.45, 2.75) is 53.0 Å². The smallest absolute Gasteiger partial charge is 0.261 e. The fourth-order valence-electron chi connectivity index (χ4n) is 2.38. The van der Waals surface area contributed by atoms with Gasteiger partial charge in [0.05, 0.1) is 0 Å². The Hall–Kier alpha value is -2.28. The summed E-state index contributed by atoms with van der Waals surface area (Å²) in [5.41, 5.74) is 5.46. The molecule has 7 nitrogen and oxygen atoms in total. The molecule has 1 saturated heterocycles. The Morgan fingerprint density at radius 1 is 1.21 bits per heavy atom. The number of rotatable bonds is 3. The van der Waals surface area contributed by atoms with Crippen LogP contribution in [0.3, 0.4) is 0 Å². The number of carbonyl (C=O) groups excluding carboxylic acids is 4. The first kappa shape index (κ1) is 21.7. The van der Waals surface area contributed by atoms with Gasteiger partial charge in [-0.25, -0.2) is 0 Å². The van der Waals surface area contributed by atoms with Crippen LogP contribution in [0.1, 0.15) is 47.0 Å². The van der Waals surface area contributed by atoms with Crippen LogP contribution in [0.15, 0.2) is 23.8 Å². The third kappa shape index (κ3) is 4.61. The molecule has 0 saturated carbocycles. The molecule has 1 unspecified atom stereocenters. The second-order valence-corrected chi connectivity index (χ2v) is 4.81. The number of piperidine rings is 1. The van der Waals surface area contributed by atoms with Crippen molar-refractivity contribution < 1.29 is 19.2 Å². The van der Waals surface area contributed by atoms with E-state index in [-0.39, 0.29) is 24.3 Å². The molecule has 7 heteroatoms. The second kappa shape index (κ2) is 10.5. The van der Waals surface area contributed by atoms with Gasteiger partial charge in [-0.1, -0.05) is 40.3 Å². The minimum Gasteiger partial charge on any atom is -0.331 e. The van der Waals surface area contributed by atoms with E-state index in [9.17, 15) is 19.2 Å². The maximum Gasteiger partial charge on any atom is 0.261 e. The van der Waals surface area contributed by atoms with Crippen LogP contribution in [0.25, 0.3) is 0 Å². The Kier molecular flexibility index (Phi) is 9.49. The van der Waals surface area contributed by atoms with Gasteiger partial charge in [-0.15, -0.1) is 0 Å². The van der Waals surface area contributed by atoms with E-state index in [1.54, 1.807) is 6.92 Å². The maximum absolute atomic E-state index is 12.2. The molecule has 0 aromatic carbocycles. The van der Waals surface area contributed by atoms with E-state index in [1.807, 2.05) is 20.8 Å². The summed E-state index contributed by atoms with van der Waals surface area (Å²) in [4.78, 5) is 48.1. The van der Waals surface area contributed by atoms with Crippen molar-refractivity contribution >= 4 is 23.6 Å². The van der Waals surface area contributed by atoms with E-state index >= 15 is 0 Å². The van der Waals surface area contributed by atoms with E-state index in [1.165, 1.54) is 6.08 Å². The summed E-state index contributed by atoms with van der Waals surface area (Å²) in [7, 11) is 0. The molecule has 2 rings (SSSR count). The lowest BCUT2D eigenvalue weighted by Crippen LogP contribution is -2.54. The summed E-state index contributed by atoms with van der Waals surface area (Å²) < 4.78 is 0. The van der Waals surface area contributed by atoms with Crippen molar-refractivity contribution in [3.05, 3.63) is 23.8 Å². The van der Waals surface area contributed by atoms with E-state index in [0.717, 1.165) is 11.4 Å². The fraction of sp³-hybridized carbons (Fsp3) is 0.529. The van der Waals surface area contributed by atoms with Crippen molar-refractivity contribution in [3.63, 3.8) is 0 Å². The minimum absolute atomic E-state index is 0.123. The quantitative estimate of drug-likeness (QED) is 0.748. The molecule has 0 aliphatic carbocycles. The van der Waals surface area contributed by atoms with Gasteiger partial charge in [-0.2, -0.15) is 0 Å². The van der Waals surface area contributed by atoms with Crippen molar-refractivity contribution in [3.8, 4) is 0 Å². The summed E-state index contributed by atoms with van der Waals surface area (Å²) in [6.07, 6.45) is 2.03. The van der Waals surface area contributed by atoms with Crippen LogP contribution in [0.5, 0.6) is 0 Å². The number of nitrogens with zero attached hydrogens (tertiary/aromatic N) is 1. The van der Waals surface area contributed by atoms with Crippen LogP contribution in [0, 0.1) is 0 Å². The number of imide groups is 2. The zero-order chi connectivity index (χ0) is 18.9. The highest BCUT2D eigenvalue weighted by molar-refractivity contribution is 6.22. The molecule has 4 amide bonds. The van der Waals surface area contributed by atoms with E-state index < -0.39 is 23.8 Å². The van der Waals surface area contributed by atoms with Crippen molar-refractivity contribution in [1.82, 2.24) is 10.2 Å². The van der Waals surface area contributed by atoms with Crippen LogP contribution >= 0.6 is 0 Å². The average molecular weight is 337 g/mol. The molecule has 134 valence electrons. The number of hydrogen-bond donors (Lipinski definition) is 2. The van der Waals surface area contributed by atoms with Gasteiger partial charge in [0.25, 0.3) is 11.8 Å². The minimum atomic E-state index is -0.906. The molecule has 3 N–H and O–H groups in total. The summed E-state index contributed by atoms with van der Waals surface area (Å²) in [6.45, 7) is 11.9. The molecule has 0 aromatic heterocycles. The molecule has 1 fully saturated rings. The van der Waals surface area contributed by atoms with Crippen LogP contribution in [0.2, 0.25) is 0 Å². The first-order valence-corrected chi connectivity index (χ1v) is 8.20. The molecule has 2 aliphatic heterocycles. The summed E-state index contributed by atoms with van der Waals surface area (Å²) in [5.74, 6) is -1.95. The number of hydrogen-bond acceptors (Lipinski definition) is 5. The van der Waals surface area contributed by atoms with Crippen LogP contribution in [0.4, 0.5) is 0 Å². The number of amides is 4. The summed E-state index contributed by atoms with van der Waals surface area (Å²) in [6, 6.07) is -0.906. The van der Waals surface area contributed by atoms with Crippen LogP contribution in [-0.2, 0) is 19.2 Å². The van der Waals surface area contributed by atoms with Gasteiger partial charge in [-0.05, 0) is 19.4 Å². The lowest BCUT2D eigenvalue weighted by molar-refractivity contribution is -0.150. The maximum atomic E-state index is 12.2. The van der Waals surface area contributed by atoms with Crippen molar-refractivity contribution in [1.29, 1.82) is 0 Å². The molecule has 0 aromatic rings. The van der Waals surface area contributed by atoms with E-state index in [4.69, 9.17) is 5.73 Å². The van der Waals surface area contributed by atoms with Crippen molar-refractivity contribution in [2.24, 2.45) is 5.73 Å². The highest BCUT2D eigenvalue weighted by atomic mass is 16.2. The molecule has 2 aliphatic rings. The Morgan fingerprint density at radius 3 is 2.12 bits per heavy atom. The summed E-state index contributed by atoms with van der Waals surface area (Å²) in [5, 5.41) is 2.14. The second-order valence-electron chi connectivity index (χ2n) is 4.81. The topological polar surface area (TPSA) is 110 Å². The number of carbonyl (C=O) groups is 4. The normalized spacial score (nSPS) is 20.0. The largest absolute Gasteiger partial charge is 0.331 e. The molecule has 0 spiro atoms. The van der Waals surface area contributed by atoms with Crippen LogP contribution < -0.4 is 11.1 Å². The summed E-state index contributed by atoms with van der Waals surface area (Å²) >= 11 is 0. The van der Waals surface area contributed by atoms with E-state index in [0.29, 0.717) is 12.0 Å². The fourth-order valence-corrected chi connectivity index (χ4v) is 2.38. The van der Waals surface area contributed by atoms with Crippen LogP contribution in [-0.4, -0.2) is 41.1 Å². The lowest BCUT2D eigenvalue weighted by Gasteiger charge is -2.28. The standard InChI is InChI=1S/C13H14N2O4.C2H7N.C2H6/c1-3-7-8(4-2)13(19)15(12(7)18)9-5-6-10(16)14-11(9)17;1-2-3;1-2/h3,9H,1,4-6H2,2H3,(H,14,16,17);2-3H2,1H3;1-2H3. The van der Waals surface area contributed by atoms with Gasteiger partial charge in [-0.3, -0.25) is 29.4 Å². The van der Waals surface area contributed by atoms with Gasteiger partial charge >= 0.3 is 0 Å².